The summed E-state index contributed by atoms with van der Waals surface area (Å²) in [5.74, 6) is 0. The molecule has 0 aliphatic carbocycles. The van der Waals surface area contributed by atoms with Gasteiger partial charge in [0.15, 0.2) is 5.16 Å². The minimum atomic E-state index is -0.201. The van der Waals surface area contributed by atoms with Gasteiger partial charge in [0.2, 0.25) is 0 Å². The molecule has 0 aliphatic rings. The number of aromatic amines is 1. The zero-order valence-corrected chi connectivity index (χ0v) is 13.3. The number of benzene rings is 1. The zero-order valence-electron chi connectivity index (χ0n) is 12.5. The Morgan fingerprint density at radius 3 is 2.90 bits per heavy atom. The lowest BCUT2D eigenvalue weighted by atomic mass is 10.1. The second-order valence-electron chi connectivity index (χ2n) is 4.73. The van der Waals surface area contributed by atoms with Crippen LogP contribution in [0.5, 0.6) is 0 Å². The van der Waals surface area contributed by atoms with Gasteiger partial charge >= 0.3 is 5.69 Å². The molecule has 21 heavy (non-hydrogen) atoms. The number of nitrogens with one attached hydrogen (secondary N) is 2. The van der Waals surface area contributed by atoms with Crippen LogP contribution in [0.2, 0.25) is 0 Å². The molecule has 0 bridgehead atoms. The number of hydrogen-bond acceptors (Lipinski definition) is 5. The van der Waals surface area contributed by atoms with Gasteiger partial charge < -0.3 is 10.1 Å². The summed E-state index contributed by atoms with van der Waals surface area (Å²) >= 11 is 1.47. The van der Waals surface area contributed by atoms with Gasteiger partial charge in [0.05, 0.1) is 6.61 Å². The van der Waals surface area contributed by atoms with E-state index in [1.54, 1.807) is 14.2 Å². The summed E-state index contributed by atoms with van der Waals surface area (Å²) in [4.78, 5) is 12.4. The highest BCUT2D eigenvalue weighted by atomic mass is 32.2. The number of ether oxygens (including phenoxy) is 1. The van der Waals surface area contributed by atoms with Gasteiger partial charge in [-0.3, -0.25) is 4.57 Å². The van der Waals surface area contributed by atoms with Gasteiger partial charge in [0.25, 0.3) is 0 Å². The Balaban J connectivity index is 2.01. The van der Waals surface area contributed by atoms with Gasteiger partial charge in [-0.15, -0.1) is 5.10 Å². The van der Waals surface area contributed by atoms with E-state index >= 15 is 0 Å². The van der Waals surface area contributed by atoms with Crippen LogP contribution < -0.4 is 11.0 Å². The lowest BCUT2D eigenvalue weighted by Gasteiger charge is -2.09. The molecule has 0 atom stereocenters. The molecule has 2 N–H and O–H groups in total. The van der Waals surface area contributed by atoms with Crippen molar-refractivity contribution in [2.75, 3.05) is 20.3 Å². The lowest BCUT2D eigenvalue weighted by Crippen LogP contribution is -2.19. The second-order valence-corrected chi connectivity index (χ2v) is 5.77. The van der Waals surface area contributed by atoms with Gasteiger partial charge in [-0.05, 0) is 41.9 Å². The van der Waals surface area contributed by atoms with Crippen LogP contribution >= 0.6 is 11.8 Å². The van der Waals surface area contributed by atoms with Crippen molar-refractivity contribution >= 4 is 11.8 Å². The van der Waals surface area contributed by atoms with Crippen molar-refractivity contribution in [1.29, 1.82) is 0 Å². The summed E-state index contributed by atoms with van der Waals surface area (Å²) in [6.45, 7) is 4.45. The summed E-state index contributed by atoms with van der Waals surface area (Å²) in [5.41, 5.74) is 2.27. The molecule has 0 saturated carbocycles. The number of rotatable bonds is 7. The number of methoxy groups -OCH3 is 1. The van der Waals surface area contributed by atoms with Crippen molar-refractivity contribution in [3.05, 3.63) is 39.8 Å². The molecule has 1 heterocycles. The van der Waals surface area contributed by atoms with Gasteiger partial charge in [-0.25, -0.2) is 9.89 Å². The smallest absolute Gasteiger partial charge is 0.343 e. The van der Waals surface area contributed by atoms with Crippen LogP contribution in [0.25, 0.3) is 0 Å². The average Bonchev–Trinajstić information content (AvgIpc) is 2.77. The molecule has 0 amide bonds. The fraction of sp³-hybridized carbons (Fsp3) is 0.429. The normalized spacial score (nSPS) is 11.0. The van der Waals surface area contributed by atoms with Crippen molar-refractivity contribution in [1.82, 2.24) is 20.1 Å². The first-order chi connectivity index (χ1) is 10.1. The number of aryl methyl sites for hydroxylation is 1. The van der Waals surface area contributed by atoms with E-state index in [0.717, 1.165) is 18.0 Å². The fourth-order valence-electron chi connectivity index (χ4n) is 1.86. The number of H-pyrrole nitrogens is 1. The molecular formula is C14H20N4O2S. The third kappa shape index (κ3) is 4.20. The monoisotopic (exact) mass is 308 g/mol. The van der Waals surface area contributed by atoms with Crippen LogP contribution in [-0.4, -0.2) is 35.0 Å². The van der Waals surface area contributed by atoms with Crippen LogP contribution in [0.4, 0.5) is 0 Å². The molecule has 114 valence electrons. The van der Waals surface area contributed by atoms with Crippen LogP contribution in [-0.2, 0) is 18.3 Å². The maximum Gasteiger partial charge on any atom is 0.343 e. The van der Waals surface area contributed by atoms with E-state index in [1.807, 2.05) is 6.07 Å². The van der Waals surface area contributed by atoms with Gasteiger partial charge in [0, 0.05) is 32.1 Å². The highest BCUT2D eigenvalue weighted by Crippen LogP contribution is 2.26. The highest BCUT2D eigenvalue weighted by Gasteiger charge is 2.07. The van der Waals surface area contributed by atoms with E-state index in [-0.39, 0.29) is 5.69 Å². The maximum atomic E-state index is 11.3. The number of hydrogen-bond donors (Lipinski definition) is 2. The van der Waals surface area contributed by atoms with E-state index in [0.29, 0.717) is 11.8 Å². The highest BCUT2D eigenvalue weighted by molar-refractivity contribution is 7.99. The SMILES string of the molecule is COCCNCc1ccc(Sc2n[nH]c(=O)n2C)cc1C. The molecule has 0 saturated heterocycles. The van der Waals surface area contributed by atoms with Crippen molar-refractivity contribution in [2.24, 2.45) is 7.05 Å². The largest absolute Gasteiger partial charge is 0.383 e. The molecule has 1 aromatic heterocycles. The Hall–Kier alpha value is -1.57. The van der Waals surface area contributed by atoms with Gasteiger partial charge in [-0.2, -0.15) is 0 Å². The van der Waals surface area contributed by atoms with E-state index in [1.165, 1.54) is 27.5 Å². The number of nitrogens with zero attached hydrogens (tertiary/aromatic N) is 2. The number of aromatic nitrogens is 3. The molecule has 7 heteroatoms. The summed E-state index contributed by atoms with van der Waals surface area (Å²) in [7, 11) is 3.40. The third-order valence-corrected chi connectivity index (χ3v) is 4.20. The minimum absolute atomic E-state index is 0.201. The Bertz CT molecular complexity index is 651. The summed E-state index contributed by atoms with van der Waals surface area (Å²) in [6.07, 6.45) is 0. The molecule has 0 aliphatic heterocycles. The Morgan fingerprint density at radius 2 is 2.29 bits per heavy atom. The van der Waals surface area contributed by atoms with Crippen molar-refractivity contribution < 1.29 is 4.74 Å². The Kier molecular flexibility index (Phi) is 5.60. The first-order valence-electron chi connectivity index (χ1n) is 6.70. The van der Waals surface area contributed by atoms with Crippen LogP contribution in [0.3, 0.4) is 0 Å². The molecule has 0 spiro atoms. The Morgan fingerprint density at radius 1 is 1.48 bits per heavy atom. The van der Waals surface area contributed by atoms with Crippen LogP contribution in [0.15, 0.2) is 33.0 Å². The minimum Gasteiger partial charge on any atom is -0.383 e. The predicted octanol–water partition coefficient (Wildman–Crippen LogP) is 1.30. The summed E-state index contributed by atoms with van der Waals surface area (Å²) in [5, 5.41) is 10.4. The van der Waals surface area contributed by atoms with Crippen molar-refractivity contribution in [3.63, 3.8) is 0 Å². The first kappa shape index (κ1) is 15.8. The van der Waals surface area contributed by atoms with Crippen LogP contribution in [0.1, 0.15) is 11.1 Å². The first-order valence-corrected chi connectivity index (χ1v) is 7.52. The third-order valence-electron chi connectivity index (χ3n) is 3.16. The maximum absolute atomic E-state index is 11.3. The average molecular weight is 308 g/mol. The standard InChI is InChI=1S/C14H20N4O2S/c1-10-8-12(21-14-17-16-13(19)18(14)2)5-4-11(10)9-15-6-7-20-3/h4-5,8,15H,6-7,9H2,1-3H3,(H,16,19). The van der Waals surface area contributed by atoms with E-state index < -0.39 is 0 Å². The van der Waals surface area contributed by atoms with Crippen molar-refractivity contribution in [3.8, 4) is 0 Å². The topological polar surface area (TPSA) is 71.9 Å². The van der Waals surface area contributed by atoms with E-state index in [2.05, 4.69) is 34.6 Å². The second kappa shape index (κ2) is 7.44. The molecule has 2 rings (SSSR count). The van der Waals surface area contributed by atoms with Gasteiger partial charge in [0.1, 0.15) is 0 Å². The lowest BCUT2D eigenvalue weighted by molar-refractivity contribution is 0.199. The summed E-state index contributed by atoms with van der Waals surface area (Å²) in [6, 6.07) is 6.25. The van der Waals surface area contributed by atoms with E-state index in [9.17, 15) is 4.79 Å². The molecule has 2 aromatic rings. The molecular weight excluding hydrogens is 288 g/mol. The van der Waals surface area contributed by atoms with Crippen molar-refractivity contribution in [2.45, 2.75) is 23.5 Å². The zero-order chi connectivity index (χ0) is 15.2. The molecule has 0 fully saturated rings. The fourth-order valence-corrected chi connectivity index (χ4v) is 2.75. The predicted molar refractivity (Wildman–Crippen MR) is 82.7 cm³/mol. The van der Waals surface area contributed by atoms with Crippen LogP contribution in [0, 0.1) is 6.92 Å². The van der Waals surface area contributed by atoms with E-state index in [4.69, 9.17) is 4.74 Å². The molecule has 6 nitrogen and oxygen atoms in total. The quantitative estimate of drug-likeness (QED) is 0.755. The molecule has 0 unspecified atom stereocenters. The van der Waals surface area contributed by atoms with Gasteiger partial charge in [-0.1, -0.05) is 6.07 Å². The molecule has 1 aromatic carbocycles. The summed E-state index contributed by atoms with van der Waals surface area (Å²) < 4.78 is 6.51. The molecule has 0 radical (unpaired) electrons. The Labute approximate surface area is 127 Å².